The largest absolute Gasteiger partial charge is 0.361 e. The zero-order valence-corrected chi connectivity index (χ0v) is 13.2. The molecule has 0 aliphatic rings. The summed E-state index contributed by atoms with van der Waals surface area (Å²) in [6.07, 6.45) is 3.33. The minimum absolute atomic E-state index is 0.240. The number of fused-ring (bicyclic) bond motifs is 1. The van der Waals surface area contributed by atoms with Gasteiger partial charge in [0.15, 0.2) is 5.82 Å². The number of H-pyrrole nitrogens is 1. The van der Waals surface area contributed by atoms with Gasteiger partial charge < -0.3 is 10.3 Å². The van der Waals surface area contributed by atoms with Gasteiger partial charge in [0, 0.05) is 11.6 Å². The van der Waals surface area contributed by atoms with Crippen LogP contribution >= 0.6 is 31.9 Å². The highest BCUT2D eigenvalue weighted by molar-refractivity contribution is 9.11. The predicted molar refractivity (Wildman–Crippen MR) is 83.7 cm³/mol. The van der Waals surface area contributed by atoms with E-state index in [1.54, 1.807) is 12.3 Å². The molecule has 0 atom stereocenters. The Kier molecular flexibility index (Phi) is 3.54. The van der Waals surface area contributed by atoms with Crippen molar-refractivity contribution in [3.8, 4) is 0 Å². The van der Waals surface area contributed by atoms with E-state index in [-0.39, 0.29) is 5.91 Å². The summed E-state index contributed by atoms with van der Waals surface area (Å²) in [6.45, 7) is 0. The van der Waals surface area contributed by atoms with Gasteiger partial charge in [0.2, 0.25) is 0 Å². The zero-order valence-electron chi connectivity index (χ0n) is 10.0. The molecule has 0 saturated carbocycles. The minimum atomic E-state index is -0.240. The van der Waals surface area contributed by atoms with E-state index in [0.717, 1.165) is 10.9 Å². The zero-order chi connectivity index (χ0) is 14.1. The number of carbonyl (C=O) groups excluding carboxylic acids is 1. The molecule has 3 aromatic rings. The Hall–Kier alpha value is -1.73. The number of aromatic amines is 1. The van der Waals surface area contributed by atoms with Gasteiger partial charge >= 0.3 is 0 Å². The summed E-state index contributed by atoms with van der Waals surface area (Å²) in [7, 11) is 0. The van der Waals surface area contributed by atoms with Crippen LogP contribution in [0, 0.1) is 0 Å². The monoisotopic (exact) mass is 394 g/mol. The SMILES string of the molecule is O=C(Nc1ncc(Br)nc1Br)c1cccc2cc[nH]c12. The number of nitrogens with zero attached hydrogens (tertiary/aromatic N) is 2. The lowest BCUT2D eigenvalue weighted by molar-refractivity contribution is 0.102. The van der Waals surface area contributed by atoms with Gasteiger partial charge in [-0.2, -0.15) is 0 Å². The first-order valence-electron chi connectivity index (χ1n) is 5.70. The first-order chi connectivity index (χ1) is 9.65. The molecule has 0 radical (unpaired) electrons. The Balaban J connectivity index is 1.95. The Morgan fingerprint density at radius 2 is 2.10 bits per heavy atom. The number of rotatable bonds is 2. The smallest absolute Gasteiger partial charge is 0.259 e. The fourth-order valence-corrected chi connectivity index (χ4v) is 2.79. The molecule has 5 nitrogen and oxygen atoms in total. The van der Waals surface area contributed by atoms with E-state index in [4.69, 9.17) is 0 Å². The lowest BCUT2D eigenvalue weighted by Gasteiger charge is -2.07. The van der Waals surface area contributed by atoms with Gasteiger partial charge in [-0.3, -0.25) is 4.79 Å². The van der Waals surface area contributed by atoms with E-state index in [2.05, 4.69) is 52.1 Å². The summed E-state index contributed by atoms with van der Waals surface area (Å²) in [5.41, 5.74) is 1.36. The lowest BCUT2D eigenvalue weighted by atomic mass is 10.1. The van der Waals surface area contributed by atoms with Gasteiger partial charge in [-0.25, -0.2) is 9.97 Å². The molecule has 0 saturated heterocycles. The lowest BCUT2D eigenvalue weighted by Crippen LogP contribution is -2.14. The molecule has 0 aliphatic heterocycles. The van der Waals surface area contributed by atoms with Gasteiger partial charge in [-0.1, -0.05) is 12.1 Å². The second-order valence-corrected chi connectivity index (χ2v) is 5.60. The van der Waals surface area contributed by atoms with E-state index < -0.39 is 0 Å². The van der Waals surface area contributed by atoms with Crippen LogP contribution in [0.25, 0.3) is 10.9 Å². The van der Waals surface area contributed by atoms with Gasteiger partial charge in [0.05, 0.1) is 17.3 Å². The van der Waals surface area contributed by atoms with Crippen LogP contribution < -0.4 is 5.32 Å². The van der Waals surface area contributed by atoms with Crippen molar-refractivity contribution in [3.05, 3.63) is 51.4 Å². The van der Waals surface area contributed by atoms with Crippen LogP contribution in [0.1, 0.15) is 10.4 Å². The highest BCUT2D eigenvalue weighted by atomic mass is 79.9. The third-order valence-electron chi connectivity index (χ3n) is 2.76. The predicted octanol–water partition coefficient (Wildman–Crippen LogP) is 3.74. The van der Waals surface area contributed by atoms with Crippen molar-refractivity contribution in [2.45, 2.75) is 0 Å². The van der Waals surface area contributed by atoms with E-state index in [0.29, 0.717) is 20.6 Å². The average molecular weight is 396 g/mol. The number of benzene rings is 1. The van der Waals surface area contributed by atoms with Crippen molar-refractivity contribution < 1.29 is 4.79 Å². The molecule has 2 heterocycles. The standard InChI is InChI=1S/C13H8Br2N4O/c14-9-6-17-12(11(15)18-9)19-13(20)8-3-1-2-7-4-5-16-10(7)8/h1-6,16H,(H,17,19,20). The summed E-state index contributed by atoms with van der Waals surface area (Å²) in [6, 6.07) is 7.46. The number of hydrogen-bond donors (Lipinski definition) is 2. The summed E-state index contributed by atoms with van der Waals surface area (Å²) >= 11 is 6.48. The number of carbonyl (C=O) groups is 1. The molecular formula is C13H8Br2N4O. The van der Waals surface area contributed by atoms with Crippen LogP contribution in [0.3, 0.4) is 0 Å². The normalized spacial score (nSPS) is 10.7. The summed E-state index contributed by atoms with van der Waals surface area (Å²) in [4.78, 5) is 23.6. The Labute approximate surface area is 131 Å². The maximum Gasteiger partial charge on any atom is 0.259 e. The topological polar surface area (TPSA) is 70.7 Å². The molecule has 2 aromatic heterocycles. The maximum atomic E-state index is 12.3. The fraction of sp³-hybridized carbons (Fsp3) is 0. The summed E-state index contributed by atoms with van der Waals surface area (Å²) in [5, 5.41) is 3.72. The first kappa shape index (κ1) is 13.3. The van der Waals surface area contributed by atoms with Crippen molar-refractivity contribution in [2.75, 3.05) is 5.32 Å². The molecular weight excluding hydrogens is 388 g/mol. The van der Waals surface area contributed by atoms with Crippen molar-refractivity contribution in [1.29, 1.82) is 0 Å². The highest BCUT2D eigenvalue weighted by Crippen LogP contribution is 2.22. The second kappa shape index (κ2) is 5.34. The number of hydrogen-bond acceptors (Lipinski definition) is 3. The van der Waals surface area contributed by atoms with E-state index >= 15 is 0 Å². The van der Waals surface area contributed by atoms with Gasteiger partial charge in [0.1, 0.15) is 9.21 Å². The van der Waals surface area contributed by atoms with Crippen LogP contribution in [0.15, 0.2) is 45.9 Å². The van der Waals surface area contributed by atoms with Crippen molar-refractivity contribution in [1.82, 2.24) is 15.0 Å². The number of anilines is 1. The quantitative estimate of drug-likeness (QED) is 0.694. The van der Waals surface area contributed by atoms with Crippen molar-refractivity contribution >= 4 is 54.5 Å². The molecule has 0 aliphatic carbocycles. The van der Waals surface area contributed by atoms with Crippen LogP contribution in [-0.2, 0) is 0 Å². The number of para-hydroxylation sites is 1. The number of halogens is 2. The number of aromatic nitrogens is 3. The van der Waals surface area contributed by atoms with Crippen molar-refractivity contribution in [3.63, 3.8) is 0 Å². The van der Waals surface area contributed by atoms with Crippen LogP contribution in [0.5, 0.6) is 0 Å². The molecule has 3 rings (SSSR count). The molecule has 0 unspecified atom stereocenters. The van der Waals surface area contributed by atoms with Gasteiger partial charge in [-0.15, -0.1) is 0 Å². The van der Waals surface area contributed by atoms with Gasteiger partial charge in [0.25, 0.3) is 5.91 Å². The third-order valence-corrected chi connectivity index (χ3v) is 3.70. The maximum absolute atomic E-state index is 12.3. The van der Waals surface area contributed by atoms with Crippen LogP contribution in [0.4, 0.5) is 5.82 Å². The molecule has 0 spiro atoms. The van der Waals surface area contributed by atoms with E-state index in [1.165, 1.54) is 6.20 Å². The Morgan fingerprint density at radius 3 is 2.90 bits per heavy atom. The molecule has 1 aromatic carbocycles. The highest BCUT2D eigenvalue weighted by Gasteiger charge is 2.13. The van der Waals surface area contributed by atoms with Crippen LogP contribution in [-0.4, -0.2) is 20.9 Å². The number of nitrogens with one attached hydrogen (secondary N) is 2. The molecule has 2 N–H and O–H groups in total. The minimum Gasteiger partial charge on any atom is -0.361 e. The molecule has 100 valence electrons. The summed E-state index contributed by atoms with van der Waals surface area (Å²) < 4.78 is 1.06. The second-order valence-electron chi connectivity index (χ2n) is 4.03. The number of amides is 1. The van der Waals surface area contributed by atoms with E-state index in [1.807, 2.05) is 18.2 Å². The Morgan fingerprint density at radius 1 is 1.25 bits per heavy atom. The molecule has 0 fully saturated rings. The first-order valence-corrected chi connectivity index (χ1v) is 7.29. The fourth-order valence-electron chi connectivity index (χ4n) is 1.88. The van der Waals surface area contributed by atoms with Gasteiger partial charge in [-0.05, 0) is 44.0 Å². The van der Waals surface area contributed by atoms with Crippen molar-refractivity contribution in [2.24, 2.45) is 0 Å². The average Bonchev–Trinajstić information content (AvgIpc) is 2.90. The third kappa shape index (κ3) is 2.46. The molecule has 20 heavy (non-hydrogen) atoms. The molecule has 1 amide bonds. The summed E-state index contributed by atoms with van der Waals surface area (Å²) in [5.74, 6) is 0.136. The Bertz CT molecular complexity index is 800. The van der Waals surface area contributed by atoms with E-state index in [9.17, 15) is 4.79 Å². The molecule has 7 heteroatoms. The van der Waals surface area contributed by atoms with Crippen LogP contribution in [0.2, 0.25) is 0 Å². The molecule has 0 bridgehead atoms.